The number of ether oxygens (including phenoxy) is 1. The minimum Gasteiger partial charge on any atom is -0.469 e. The average Bonchev–Trinajstić information content (AvgIpc) is 2.81. The molecule has 1 aliphatic heterocycles. The minimum absolute atomic E-state index is 0.0362. The van der Waals surface area contributed by atoms with E-state index in [1.807, 2.05) is 36.4 Å². The number of nitrogens with zero attached hydrogens (tertiary/aromatic N) is 3. The van der Waals surface area contributed by atoms with E-state index in [0.29, 0.717) is 17.1 Å². The van der Waals surface area contributed by atoms with Gasteiger partial charge in [-0.05, 0) is 49.0 Å². The number of nitrogens with one attached hydrogen (secondary N) is 1. The highest BCUT2D eigenvalue weighted by Gasteiger charge is 2.31. The summed E-state index contributed by atoms with van der Waals surface area (Å²) in [5.41, 5.74) is 8.60. The number of halogens is 1. The van der Waals surface area contributed by atoms with Gasteiger partial charge in [0.05, 0.1) is 24.2 Å². The van der Waals surface area contributed by atoms with Crippen molar-refractivity contribution >= 4 is 56.5 Å². The number of benzodiazepines with no additional fused rings is 1. The predicted molar refractivity (Wildman–Crippen MR) is 116 cm³/mol. The quantitative estimate of drug-likeness (QED) is 0.537. The standard InChI is InChI=1S/C19H18BrN5O2S/c1-27-16(26)8-6-14-18(21)25(19(22)28)15-7-5-11(20)10-12(15)17(24-14)13-4-2-3-9-23-13/h2-5,7,9-10,14,21H,6,8H2,1H3,(H2,22,28)/t14-/m0/s1. The number of nitrogens with two attached hydrogens (primary N) is 1. The molecule has 0 unspecified atom stereocenters. The molecular weight excluding hydrogens is 442 g/mol. The number of hydrogen-bond donors (Lipinski definition) is 2. The van der Waals surface area contributed by atoms with E-state index in [0.717, 1.165) is 10.0 Å². The van der Waals surface area contributed by atoms with Gasteiger partial charge in [-0.1, -0.05) is 22.0 Å². The molecule has 0 fully saturated rings. The molecule has 7 nitrogen and oxygen atoms in total. The Morgan fingerprint density at radius 2 is 2.18 bits per heavy atom. The van der Waals surface area contributed by atoms with Crippen molar-refractivity contribution in [1.82, 2.24) is 4.98 Å². The largest absolute Gasteiger partial charge is 0.469 e. The molecule has 0 saturated carbocycles. The first-order valence-electron chi connectivity index (χ1n) is 8.46. The summed E-state index contributed by atoms with van der Waals surface area (Å²) in [5.74, 6) is -0.264. The SMILES string of the molecule is COC(=O)CC[C@@H]1N=C(c2ccccn2)c2cc(Br)ccc2N(C(N)=S)C1=N. The molecular formula is C19H18BrN5O2S. The van der Waals surface area contributed by atoms with E-state index in [9.17, 15) is 4.79 Å². The maximum atomic E-state index is 11.7. The van der Waals surface area contributed by atoms with Crippen molar-refractivity contribution in [3.8, 4) is 0 Å². The van der Waals surface area contributed by atoms with Gasteiger partial charge >= 0.3 is 5.97 Å². The van der Waals surface area contributed by atoms with Crippen LogP contribution in [0.5, 0.6) is 0 Å². The third-order valence-electron chi connectivity index (χ3n) is 4.27. The zero-order valence-corrected chi connectivity index (χ0v) is 17.5. The van der Waals surface area contributed by atoms with Gasteiger partial charge in [-0.25, -0.2) is 0 Å². The zero-order valence-electron chi connectivity index (χ0n) is 15.1. The number of hydrogen-bond acceptors (Lipinski definition) is 6. The lowest BCUT2D eigenvalue weighted by Crippen LogP contribution is -2.45. The van der Waals surface area contributed by atoms with Crippen LogP contribution in [-0.2, 0) is 9.53 Å². The molecule has 1 aliphatic rings. The van der Waals surface area contributed by atoms with Crippen molar-refractivity contribution < 1.29 is 9.53 Å². The number of thiocarbonyl (C=S) groups is 1. The highest BCUT2D eigenvalue weighted by molar-refractivity contribution is 9.10. The Hall–Kier alpha value is -2.65. The van der Waals surface area contributed by atoms with Crippen molar-refractivity contribution in [2.75, 3.05) is 12.0 Å². The first-order valence-corrected chi connectivity index (χ1v) is 9.66. The van der Waals surface area contributed by atoms with Gasteiger partial charge in [0, 0.05) is 22.7 Å². The number of esters is 1. The molecule has 0 bridgehead atoms. The number of carbonyl (C=O) groups is 1. The monoisotopic (exact) mass is 459 g/mol. The van der Waals surface area contributed by atoms with Gasteiger partial charge in [-0.2, -0.15) is 0 Å². The second kappa shape index (κ2) is 8.57. The van der Waals surface area contributed by atoms with Crippen LogP contribution in [0.15, 0.2) is 52.1 Å². The summed E-state index contributed by atoms with van der Waals surface area (Å²) < 4.78 is 5.58. The van der Waals surface area contributed by atoms with E-state index < -0.39 is 6.04 Å². The fraction of sp³-hybridized carbons (Fsp3) is 0.211. The molecule has 1 aromatic carbocycles. The summed E-state index contributed by atoms with van der Waals surface area (Å²) in [5, 5.41) is 8.72. The minimum atomic E-state index is -0.635. The Labute approximate surface area is 176 Å². The van der Waals surface area contributed by atoms with Gasteiger partial charge in [0.25, 0.3) is 0 Å². The Morgan fingerprint density at radius 1 is 1.39 bits per heavy atom. The highest BCUT2D eigenvalue weighted by atomic mass is 79.9. The zero-order chi connectivity index (χ0) is 20.3. The van der Waals surface area contributed by atoms with Crippen LogP contribution >= 0.6 is 28.1 Å². The smallest absolute Gasteiger partial charge is 0.305 e. The van der Waals surface area contributed by atoms with E-state index in [2.05, 4.69) is 20.9 Å². The maximum absolute atomic E-state index is 11.7. The van der Waals surface area contributed by atoms with Crippen LogP contribution in [0.25, 0.3) is 0 Å². The lowest BCUT2D eigenvalue weighted by Gasteiger charge is -2.26. The number of methoxy groups -OCH3 is 1. The lowest BCUT2D eigenvalue weighted by atomic mass is 10.0. The fourth-order valence-electron chi connectivity index (χ4n) is 2.96. The fourth-order valence-corrected chi connectivity index (χ4v) is 3.52. The van der Waals surface area contributed by atoms with Gasteiger partial charge in [0.1, 0.15) is 11.9 Å². The van der Waals surface area contributed by atoms with E-state index in [1.165, 1.54) is 12.0 Å². The van der Waals surface area contributed by atoms with Crippen molar-refractivity contribution in [3.05, 3.63) is 58.3 Å². The average molecular weight is 460 g/mol. The van der Waals surface area contributed by atoms with Gasteiger partial charge < -0.3 is 10.5 Å². The molecule has 0 amide bonds. The molecule has 2 aromatic rings. The van der Waals surface area contributed by atoms with E-state index >= 15 is 0 Å². The van der Waals surface area contributed by atoms with Crippen LogP contribution in [-0.4, -0.2) is 40.8 Å². The Kier molecular flexibility index (Phi) is 6.15. The van der Waals surface area contributed by atoms with E-state index in [1.54, 1.807) is 6.20 Å². The van der Waals surface area contributed by atoms with Crippen molar-refractivity contribution in [2.45, 2.75) is 18.9 Å². The first-order chi connectivity index (χ1) is 13.4. The maximum Gasteiger partial charge on any atom is 0.305 e. The topological polar surface area (TPSA) is 105 Å². The summed E-state index contributed by atoms with van der Waals surface area (Å²) in [4.78, 5) is 22.4. The van der Waals surface area contributed by atoms with Gasteiger partial charge in [-0.15, -0.1) is 0 Å². The number of amidine groups is 1. The molecule has 1 atom stereocenters. The van der Waals surface area contributed by atoms with Crippen molar-refractivity contribution in [3.63, 3.8) is 0 Å². The highest BCUT2D eigenvalue weighted by Crippen LogP contribution is 2.31. The molecule has 28 heavy (non-hydrogen) atoms. The van der Waals surface area contributed by atoms with Gasteiger partial charge in [0.2, 0.25) is 0 Å². The normalized spacial score (nSPS) is 16.1. The van der Waals surface area contributed by atoms with Crippen LogP contribution < -0.4 is 10.6 Å². The summed E-state index contributed by atoms with van der Waals surface area (Å²) in [7, 11) is 1.33. The number of fused-ring (bicyclic) bond motifs is 1. The number of aliphatic imine (C=N–C) groups is 1. The molecule has 0 saturated heterocycles. The number of anilines is 1. The molecule has 0 radical (unpaired) electrons. The molecule has 3 rings (SSSR count). The number of carbonyl (C=O) groups excluding carboxylic acids is 1. The second-order valence-electron chi connectivity index (χ2n) is 6.04. The van der Waals surface area contributed by atoms with Crippen LogP contribution in [0.4, 0.5) is 5.69 Å². The second-order valence-corrected chi connectivity index (χ2v) is 7.38. The number of rotatable bonds is 4. The molecule has 1 aromatic heterocycles. The molecule has 9 heteroatoms. The molecule has 2 heterocycles. The molecule has 3 N–H and O–H groups in total. The van der Waals surface area contributed by atoms with Crippen LogP contribution in [0.2, 0.25) is 0 Å². The Bertz CT molecular complexity index is 964. The van der Waals surface area contributed by atoms with E-state index in [4.69, 9.17) is 33.1 Å². The molecule has 0 spiro atoms. The number of pyridine rings is 1. The summed E-state index contributed by atoms with van der Waals surface area (Å²) in [6.45, 7) is 0. The van der Waals surface area contributed by atoms with Crippen LogP contribution in [0.1, 0.15) is 24.1 Å². The van der Waals surface area contributed by atoms with Crippen molar-refractivity contribution in [2.24, 2.45) is 10.7 Å². The summed E-state index contributed by atoms with van der Waals surface area (Å²) in [6, 6.07) is 10.5. The third-order valence-corrected chi connectivity index (χ3v) is 4.95. The third kappa shape index (κ3) is 4.10. The number of benzene rings is 1. The number of aromatic nitrogens is 1. The molecule has 0 aliphatic carbocycles. The van der Waals surface area contributed by atoms with Crippen LogP contribution in [0.3, 0.4) is 0 Å². The van der Waals surface area contributed by atoms with E-state index in [-0.39, 0.29) is 29.8 Å². The van der Waals surface area contributed by atoms with Crippen LogP contribution in [0, 0.1) is 5.41 Å². The van der Waals surface area contributed by atoms with Gasteiger partial charge in [-0.3, -0.25) is 25.1 Å². The first kappa shape index (κ1) is 20.1. The van der Waals surface area contributed by atoms with Gasteiger partial charge in [0.15, 0.2) is 5.11 Å². The molecule has 144 valence electrons. The Morgan fingerprint density at radius 3 is 2.82 bits per heavy atom. The Balaban J connectivity index is 2.19. The predicted octanol–water partition coefficient (Wildman–Crippen LogP) is 3.04. The lowest BCUT2D eigenvalue weighted by molar-refractivity contribution is -0.140. The summed E-state index contributed by atoms with van der Waals surface area (Å²) in [6.07, 6.45) is 2.09. The summed E-state index contributed by atoms with van der Waals surface area (Å²) >= 11 is 8.71. The van der Waals surface area contributed by atoms with Crippen molar-refractivity contribution in [1.29, 1.82) is 5.41 Å².